The molecule has 0 aliphatic carbocycles. The number of rotatable bonds is 6. The van der Waals surface area contributed by atoms with E-state index in [0.717, 1.165) is 23.0 Å². The first kappa shape index (κ1) is 11.6. The molecule has 0 fully saturated rings. The zero-order valence-electron chi connectivity index (χ0n) is 8.88. The van der Waals surface area contributed by atoms with Crippen molar-refractivity contribution in [1.29, 1.82) is 0 Å². The molecular formula is C10H12N2O2S2. The molecule has 4 nitrogen and oxygen atoms in total. The summed E-state index contributed by atoms with van der Waals surface area (Å²) in [7, 11) is 1.70. The molecule has 0 saturated heterocycles. The molecule has 0 N–H and O–H groups in total. The summed E-state index contributed by atoms with van der Waals surface area (Å²) in [6, 6.07) is 3.94. The zero-order chi connectivity index (χ0) is 11.2. The van der Waals surface area contributed by atoms with Crippen molar-refractivity contribution in [2.75, 3.05) is 19.5 Å². The van der Waals surface area contributed by atoms with Crippen LogP contribution in [0.2, 0.25) is 0 Å². The predicted molar refractivity (Wildman–Crippen MR) is 65.6 cm³/mol. The second kappa shape index (κ2) is 6.03. The van der Waals surface area contributed by atoms with Gasteiger partial charge in [-0.1, -0.05) is 6.07 Å². The summed E-state index contributed by atoms with van der Waals surface area (Å²) in [6.07, 6.45) is 0. The van der Waals surface area contributed by atoms with Gasteiger partial charge in [0.05, 0.1) is 17.2 Å². The summed E-state index contributed by atoms with van der Waals surface area (Å²) in [6.45, 7) is 0.747. The molecule has 0 amide bonds. The lowest BCUT2D eigenvalue weighted by Crippen LogP contribution is -1.92. The Morgan fingerprint density at radius 3 is 3.19 bits per heavy atom. The van der Waals surface area contributed by atoms with E-state index in [9.17, 15) is 0 Å². The van der Waals surface area contributed by atoms with Crippen LogP contribution in [0.25, 0.3) is 10.8 Å². The van der Waals surface area contributed by atoms with E-state index in [2.05, 4.69) is 10.2 Å². The predicted octanol–water partition coefficient (Wildman–Crippen LogP) is 2.68. The molecule has 6 heteroatoms. The average molecular weight is 256 g/mol. The highest BCUT2D eigenvalue weighted by Gasteiger charge is 2.08. The van der Waals surface area contributed by atoms with Crippen LogP contribution in [-0.2, 0) is 10.5 Å². The van der Waals surface area contributed by atoms with Gasteiger partial charge in [0.2, 0.25) is 5.89 Å². The first-order chi connectivity index (χ1) is 7.90. The van der Waals surface area contributed by atoms with Gasteiger partial charge in [0.25, 0.3) is 5.89 Å². The van der Waals surface area contributed by atoms with E-state index < -0.39 is 0 Å². The SMILES string of the molecule is COCCSCc1nnc(-c2cccs2)o1. The second-order valence-electron chi connectivity index (χ2n) is 3.02. The third-order valence-corrected chi connectivity index (χ3v) is 3.62. The quantitative estimate of drug-likeness (QED) is 0.744. The summed E-state index contributed by atoms with van der Waals surface area (Å²) in [5.41, 5.74) is 0. The highest BCUT2D eigenvalue weighted by atomic mass is 32.2. The van der Waals surface area contributed by atoms with Gasteiger partial charge in [0.15, 0.2) is 0 Å². The van der Waals surface area contributed by atoms with E-state index in [4.69, 9.17) is 9.15 Å². The zero-order valence-corrected chi connectivity index (χ0v) is 10.5. The standard InChI is InChI=1S/C10H12N2O2S2/c1-13-4-6-15-7-9-11-12-10(14-9)8-3-2-5-16-8/h2-3,5H,4,6-7H2,1H3. The number of thioether (sulfide) groups is 1. The van der Waals surface area contributed by atoms with E-state index in [1.807, 2.05) is 17.5 Å². The van der Waals surface area contributed by atoms with Crippen LogP contribution in [0.15, 0.2) is 21.9 Å². The van der Waals surface area contributed by atoms with Crippen molar-refractivity contribution < 1.29 is 9.15 Å². The summed E-state index contributed by atoms with van der Waals surface area (Å²) < 4.78 is 10.5. The smallest absolute Gasteiger partial charge is 0.257 e. The molecule has 86 valence electrons. The Labute approximate surface area is 102 Å². The molecule has 2 aromatic heterocycles. The van der Waals surface area contributed by atoms with Crippen molar-refractivity contribution in [3.05, 3.63) is 23.4 Å². The van der Waals surface area contributed by atoms with Gasteiger partial charge in [-0.25, -0.2) is 0 Å². The lowest BCUT2D eigenvalue weighted by Gasteiger charge is -1.95. The highest BCUT2D eigenvalue weighted by Crippen LogP contribution is 2.23. The van der Waals surface area contributed by atoms with Crippen LogP contribution in [0, 0.1) is 0 Å². The summed E-state index contributed by atoms with van der Waals surface area (Å²) in [5.74, 6) is 2.96. The first-order valence-electron chi connectivity index (χ1n) is 4.83. The Hall–Kier alpha value is -0.850. The van der Waals surface area contributed by atoms with Crippen molar-refractivity contribution in [2.24, 2.45) is 0 Å². The van der Waals surface area contributed by atoms with Gasteiger partial charge in [-0.05, 0) is 11.4 Å². The summed E-state index contributed by atoms with van der Waals surface area (Å²) in [5, 5.41) is 10.00. The number of thiophene rings is 1. The molecule has 2 rings (SSSR count). The van der Waals surface area contributed by atoms with E-state index >= 15 is 0 Å². The summed E-state index contributed by atoms with van der Waals surface area (Å²) in [4.78, 5) is 1.01. The maximum absolute atomic E-state index is 5.53. The topological polar surface area (TPSA) is 48.2 Å². The van der Waals surface area contributed by atoms with Crippen molar-refractivity contribution in [3.63, 3.8) is 0 Å². The molecule has 0 atom stereocenters. The van der Waals surface area contributed by atoms with Crippen LogP contribution in [0.4, 0.5) is 0 Å². The Morgan fingerprint density at radius 2 is 2.44 bits per heavy atom. The molecule has 2 aromatic rings. The maximum Gasteiger partial charge on any atom is 0.257 e. The number of methoxy groups -OCH3 is 1. The minimum atomic E-state index is 0.609. The average Bonchev–Trinajstić information content (AvgIpc) is 2.94. The van der Waals surface area contributed by atoms with Gasteiger partial charge in [-0.3, -0.25) is 0 Å². The fraction of sp³-hybridized carbons (Fsp3) is 0.400. The normalized spacial score (nSPS) is 10.8. The minimum Gasteiger partial charge on any atom is -0.419 e. The fourth-order valence-corrected chi connectivity index (χ4v) is 2.48. The lowest BCUT2D eigenvalue weighted by molar-refractivity contribution is 0.218. The van der Waals surface area contributed by atoms with Crippen LogP contribution in [0.3, 0.4) is 0 Å². The Balaban J connectivity index is 1.88. The van der Waals surface area contributed by atoms with Gasteiger partial charge in [0, 0.05) is 12.9 Å². The molecule has 0 saturated carbocycles. The number of hydrogen-bond acceptors (Lipinski definition) is 6. The van der Waals surface area contributed by atoms with Crippen LogP contribution in [0.1, 0.15) is 5.89 Å². The van der Waals surface area contributed by atoms with Crippen molar-refractivity contribution in [2.45, 2.75) is 5.75 Å². The molecule has 0 spiro atoms. The van der Waals surface area contributed by atoms with E-state index in [0.29, 0.717) is 11.8 Å². The van der Waals surface area contributed by atoms with E-state index in [1.165, 1.54) is 0 Å². The van der Waals surface area contributed by atoms with E-state index in [-0.39, 0.29) is 0 Å². The molecular weight excluding hydrogens is 244 g/mol. The highest BCUT2D eigenvalue weighted by molar-refractivity contribution is 7.98. The fourth-order valence-electron chi connectivity index (χ4n) is 1.11. The van der Waals surface area contributed by atoms with Crippen molar-refractivity contribution >= 4 is 23.1 Å². The molecule has 0 aromatic carbocycles. The number of aromatic nitrogens is 2. The van der Waals surface area contributed by atoms with Gasteiger partial charge in [-0.15, -0.1) is 33.3 Å². The Morgan fingerprint density at radius 1 is 1.50 bits per heavy atom. The van der Waals surface area contributed by atoms with Crippen LogP contribution in [0.5, 0.6) is 0 Å². The van der Waals surface area contributed by atoms with Gasteiger partial charge in [-0.2, -0.15) is 0 Å². The number of nitrogens with zero attached hydrogens (tertiary/aromatic N) is 2. The van der Waals surface area contributed by atoms with Crippen LogP contribution >= 0.6 is 23.1 Å². The van der Waals surface area contributed by atoms with Crippen molar-refractivity contribution in [1.82, 2.24) is 10.2 Å². The molecule has 0 bridgehead atoms. The lowest BCUT2D eigenvalue weighted by atomic mass is 10.5. The number of ether oxygens (including phenoxy) is 1. The summed E-state index contributed by atoms with van der Waals surface area (Å²) >= 11 is 3.32. The number of hydrogen-bond donors (Lipinski definition) is 0. The van der Waals surface area contributed by atoms with E-state index in [1.54, 1.807) is 30.2 Å². The van der Waals surface area contributed by atoms with Crippen LogP contribution < -0.4 is 0 Å². The monoisotopic (exact) mass is 256 g/mol. The second-order valence-corrected chi connectivity index (χ2v) is 5.08. The first-order valence-corrected chi connectivity index (χ1v) is 6.86. The third kappa shape index (κ3) is 3.07. The van der Waals surface area contributed by atoms with Crippen LogP contribution in [-0.4, -0.2) is 29.7 Å². The van der Waals surface area contributed by atoms with Gasteiger partial charge >= 0.3 is 0 Å². The molecule has 0 radical (unpaired) electrons. The Bertz CT molecular complexity index is 414. The molecule has 16 heavy (non-hydrogen) atoms. The van der Waals surface area contributed by atoms with Gasteiger partial charge < -0.3 is 9.15 Å². The Kier molecular flexibility index (Phi) is 4.38. The minimum absolute atomic E-state index is 0.609. The van der Waals surface area contributed by atoms with Gasteiger partial charge in [0.1, 0.15) is 0 Å². The third-order valence-electron chi connectivity index (χ3n) is 1.86. The molecule has 0 aliphatic rings. The molecule has 0 unspecified atom stereocenters. The van der Waals surface area contributed by atoms with Crippen molar-refractivity contribution in [3.8, 4) is 10.8 Å². The largest absolute Gasteiger partial charge is 0.419 e. The molecule has 0 aliphatic heterocycles. The molecule has 2 heterocycles. The maximum atomic E-state index is 5.53.